The molecule has 3 rings (SSSR count). The molecule has 0 radical (unpaired) electrons. The Kier molecular flexibility index (Phi) is 6.10. The molecule has 0 saturated carbocycles. The van der Waals surface area contributed by atoms with Crippen LogP contribution in [0.25, 0.3) is 10.2 Å². The topological polar surface area (TPSA) is 104 Å². The number of phenols is 1. The van der Waals surface area contributed by atoms with Crippen molar-refractivity contribution in [3.05, 3.63) is 57.3 Å². The molecule has 0 aliphatic heterocycles. The van der Waals surface area contributed by atoms with E-state index in [2.05, 4.69) is 26.1 Å². The number of aromatic nitrogens is 1. The summed E-state index contributed by atoms with van der Waals surface area (Å²) in [4.78, 5) is 0.595. The number of fused-ring (bicyclic) bond motifs is 1. The van der Waals surface area contributed by atoms with E-state index in [0.717, 1.165) is 14.7 Å². The van der Waals surface area contributed by atoms with Gasteiger partial charge in [0.2, 0.25) is 4.80 Å². The normalized spacial score (nSPS) is 13.0. The number of para-hydroxylation sites is 1. The van der Waals surface area contributed by atoms with Crippen molar-refractivity contribution in [2.75, 3.05) is 5.75 Å². The predicted molar refractivity (Wildman–Crippen MR) is 110 cm³/mol. The summed E-state index contributed by atoms with van der Waals surface area (Å²) >= 11 is 4.76. The first kappa shape index (κ1) is 19.7. The van der Waals surface area contributed by atoms with Crippen LogP contribution < -0.4 is 4.80 Å². The van der Waals surface area contributed by atoms with E-state index in [0.29, 0.717) is 16.9 Å². The van der Waals surface area contributed by atoms with E-state index in [-0.39, 0.29) is 17.9 Å². The molecule has 1 aromatic heterocycles. The van der Waals surface area contributed by atoms with E-state index in [9.17, 15) is 13.5 Å². The molecule has 0 spiro atoms. The van der Waals surface area contributed by atoms with Crippen LogP contribution in [0.3, 0.4) is 0 Å². The minimum Gasteiger partial charge on any atom is -0.507 e. The molecule has 0 unspecified atom stereocenters. The van der Waals surface area contributed by atoms with E-state index >= 15 is 0 Å². The molecular weight excluding hydrogens is 454 g/mol. The number of hydrogen-bond acceptors (Lipinski definition) is 6. The quantitative estimate of drug-likeness (QED) is 0.327. The molecule has 7 nitrogen and oxygen atoms in total. The fourth-order valence-corrected chi connectivity index (χ4v) is 4.37. The maximum atomic E-state index is 11.0. The van der Waals surface area contributed by atoms with Crippen LogP contribution in [0.4, 0.5) is 0 Å². The van der Waals surface area contributed by atoms with Crippen molar-refractivity contribution >= 4 is 53.8 Å². The Labute approximate surface area is 168 Å². The molecule has 0 atom stereocenters. The monoisotopic (exact) mass is 469 g/mol. The fourth-order valence-electron chi connectivity index (χ4n) is 2.49. The standard InChI is InChI=1S/C17H16BrN3O4S2/c18-13-6-7-15(22)12(10-13)11-19-20-17-21(8-3-9-27(23,24)25)14-4-1-2-5-16(14)26-17/h1-2,4-7,10-11,22H,3,8-9H2,(H,23,24,25)/b19-11-,20-17+. The molecule has 10 heteroatoms. The maximum Gasteiger partial charge on any atom is 0.264 e. The minimum atomic E-state index is -4.01. The Morgan fingerprint density at radius 2 is 2.00 bits per heavy atom. The third-order valence-corrected chi connectivity index (χ3v) is 6.05. The van der Waals surface area contributed by atoms with Gasteiger partial charge in [0, 0.05) is 16.6 Å². The molecule has 1 heterocycles. The smallest absolute Gasteiger partial charge is 0.264 e. The minimum absolute atomic E-state index is 0.0921. The average molecular weight is 470 g/mol. The second kappa shape index (κ2) is 8.34. The molecule has 2 aromatic carbocycles. The zero-order chi connectivity index (χ0) is 19.4. The highest BCUT2D eigenvalue weighted by atomic mass is 79.9. The van der Waals surface area contributed by atoms with Crippen LogP contribution in [0.1, 0.15) is 12.0 Å². The fraction of sp³-hybridized carbons (Fsp3) is 0.176. The first-order valence-corrected chi connectivity index (χ1v) is 11.1. The van der Waals surface area contributed by atoms with Crippen molar-refractivity contribution in [3.8, 4) is 5.75 Å². The van der Waals surface area contributed by atoms with Crippen LogP contribution in [-0.4, -0.2) is 34.6 Å². The Balaban J connectivity index is 1.95. The van der Waals surface area contributed by atoms with Gasteiger partial charge in [0.25, 0.3) is 10.1 Å². The van der Waals surface area contributed by atoms with Gasteiger partial charge in [0.15, 0.2) is 0 Å². The van der Waals surface area contributed by atoms with Crippen LogP contribution in [-0.2, 0) is 16.7 Å². The summed E-state index contributed by atoms with van der Waals surface area (Å²) in [6.07, 6.45) is 1.70. The number of nitrogens with zero attached hydrogens (tertiary/aromatic N) is 3. The zero-order valence-electron chi connectivity index (χ0n) is 14.0. The molecule has 27 heavy (non-hydrogen) atoms. The third kappa shape index (κ3) is 5.25. The Morgan fingerprint density at radius 1 is 1.22 bits per heavy atom. The molecule has 2 N–H and O–H groups in total. The molecule has 0 bridgehead atoms. The lowest BCUT2D eigenvalue weighted by Crippen LogP contribution is -2.17. The van der Waals surface area contributed by atoms with Crippen LogP contribution in [0, 0.1) is 0 Å². The van der Waals surface area contributed by atoms with Crippen LogP contribution >= 0.6 is 27.3 Å². The second-order valence-corrected chi connectivity index (χ2v) is 9.19. The third-order valence-electron chi connectivity index (χ3n) is 3.70. The number of aromatic hydroxyl groups is 1. The van der Waals surface area contributed by atoms with E-state index in [1.54, 1.807) is 18.2 Å². The van der Waals surface area contributed by atoms with Gasteiger partial charge in [-0.25, -0.2) is 0 Å². The number of benzene rings is 2. The van der Waals surface area contributed by atoms with Gasteiger partial charge in [-0.2, -0.15) is 13.5 Å². The molecule has 0 aliphatic rings. The zero-order valence-corrected chi connectivity index (χ0v) is 17.2. The number of hydrogen-bond donors (Lipinski definition) is 2. The van der Waals surface area contributed by atoms with Gasteiger partial charge in [-0.05, 0) is 36.8 Å². The van der Waals surface area contributed by atoms with Crippen LogP contribution in [0.2, 0.25) is 0 Å². The van der Waals surface area contributed by atoms with Crippen molar-refractivity contribution in [1.82, 2.24) is 4.57 Å². The van der Waals surface area contributed by atoms with Gasteiger partial charge >= 0.3 is 0 Å². The van der Waals surface area contributed by atoms with Crippen molar-refractivity contribution < 1.29 is 18.1 Å². The van der Waals surface area contributed by atoms with Gasteiger partial charge in [0.05, 0.1) is 22.2 Å². The van der Waals surface area contributed by atoms with E-state index in [1.165, 1.54) is 17.6 Å². The number of rotatable bonds is 6. The van der Waals surface area contributed by atoms with Crippen molar-refractivity contribution in [2.24, 2.45) is 10.2 Å². The van der Waals surface area contributed by atoms with Gasteiger partial charge < -0.3 is 9.67 Å². The first-order chi connectivity index (χ1) is 12.8. The molecular formula is C17H16BrN3O4S2. The van der Waals surface area contributed by atoms with Crippen LogP contribution in [0.5, 0.6) is 5.75 Å². The number of phenolic OH excluding ortho intramolecular Hbond substituents is 1. The summed E-state index contributed by atoms with van der Waals surface area (Å²) < 4.78 is 34.5. The Morgan fingerprint density at radius 3 is 2.78 bits per heavy atom. The molecule has 0 amide bonds. The molecule has 0 saturated heterocycles. The molecule has 0 aliphatic carbocycles. The van der Waals surface area contributed by atoms with Crippen LogP contribution in [0.15, 0.2) is 57.1 Å². The lowest BCUT2D eigenvalue weighted by atomic mass is 10.2. The summed E-state index contributed by atoms with van der Waals surface area (Å²) in [7, 11) is -4.01. The van der Waals surface area contributed by atoms with Crippen molar-refractivity contribution in [2.45, 2.75) is 13.0 Å². The summed E-state index contributed by atoms with van der Waals surface area (Å²) in [5.74, 6) is -0.228. The van der Waals surface area contributed by atoms with Gasteiger partial charge in [-0.15, -0.1) is 5.10 Å². The van der Waals surface area contributed by atoms with Gasteiger partial charge in [-0.3, -0.25) is 4.55 Å². The molecule has 0 fully saturated rings. The predicted octanol–water partition coefficient (Wildman–Crippen LogP) is 3.38. The summed E-state index contributed by atoms with van der Waals surface area (Å²) in [6.45, 7) is 0.375. The first-order valence-electron chi connectivity index (χ1n) is 7.92. The summed E-state index contributed by atoms with van der Waals surface area (Å²) in [5, 5.41) is 18.2. The van der Waals surface area contributed by atoms with E-state index in [4.69, 9.17) is 4.55 Å². The summed E-state index contributed by atoms with van der Waals surface area (Å²) in [6, 6.07) is 12.7. The van der Waals surface area contributed by atoms with Crippen molar-refractivity contribution in [1.29, 1.82) is 0 Å². The SMILES string of the molecule is O=S(=O)(O)CCCn1/c(=N\N=C/c2cc(Br)ccc2O)sc2ccccc21. The highest BCUT2D eigenvalue weighted by Crippen LogP contribution is 2.20. The second-order valence-electron chi connectivity index (χ2n) is 5.69. The number of thiazole rings is 1. The van der Waals surface area contributed by atoms with E-state index < -0.39 is 10.1 Å². The highest BCUT2D eigenvalue weighted by molar-refractivity contribution is 9.10. The lowest BCUT2D eigenvalue weighted by Gasteiger charge is -2.03. The van der Waals surface area contributed by atoms with Gasteiger partial charge in [0.1, 0.15) is 5.75 Å². The maximum absolute atomic E-state index is 11.0. The molecule has 142 valence electrons. The van der Waals surface area contributed by atoms with Gasteiger partial charge in [-0.1, -0.05) is 39.4 Å². The Hall–Kier alpha value is -2.01. The summed E-state index contributed by atoms with van der Waals surface area (Å²) in [5.41, 5.74) is 1.43. The molecule has 3 aromatic rings. The lowest BCUT2D eigenvalue weighted by molar-refractivity contribution is 0.474. The highest BCUT2D eigenvalue weighted by Gasteiger charge is 2.08. The number of halogens is 1. The van der Waals surface area contributed by atoms with Crippen molar-refractivity contribution in [3.63, 3.8) is 0 Å². The Bertz CT molecular complexity index is 1170. The average Bonchev–Trinajstić information content (AvgIpc) is 2.95. The largest absolute Gasteiger partial charge is 0.507 e. The number of aryl methyl sites for hydroxylation is 1. The van der Waals surface area contributed by atoms with E-state index in [1.807, 2.05) is 28.8 Å².